The number of halogens is 2. The van der Waals surface area contributed by atoms with Gasteiger partial charge >= 0.3 is 0 Å². The van der Waals surface area contributed by atoms with Crippen molar-refractivity contribution in [1.82, 2.24) is 5.32 Å². The summed E-state index contributed by atoms with van der Waals surface area (Å²) in [6, 6.07) is 6.25. The van der Waals surface area contributed by atoms with Crippen LogP contribution in [0.4, 0.5) is 0 Å². The fourth-order valence-electron chi connectivity index (χ4n) is 1.20. The number of hydrogen-bond donors (Lipinski definition) is 1. The average molecular weight is 331 g/mol. The van der Waals surface area contributed by atoms with Gasteiger partial charge in [0, 0.05) is 21.9 Å². The summed E-state index contributed by atoms with van der Waals surface area (Å²) in [5.41, 5.74) is 1.27. The van der Waals surface area contributed by atoms with E-state index in [1.54, 1.807) is 0 Å². The summed E-state index contributed by atoms with van der Waals surface area (Å²) in [6.45, 7) is 1.86. The van der Waals surface area contributed by atoms with Crippen molar-refractivity contribution in [3.05, 3.63) is 32.7 Å². The van der Waals surface area contributed by atoms with E-state index in [1.165, 1.54) is 5.56 Å². The van der Waals surface area contributed by atoms with Gasteiger partial charge in [0.15, 0.2) is 0 Å². The van der Waals surface area contributed by atoms with Gasteiger partial charge in [-0.25, -0.2) is 0 Å². The molecule has 0 bridgehead atoms. The zero-order valence-electron chi connectivity index (χ0n) is 8.39. The Morgan fingerprint density at radius 3 is 2.73 bits per heavy atom. The van der Waals surface area contributed by atoms with Gasteiger partial charge in [-0.15, -0.1) is 12.3 Å². The van der Waals surface area contributed by atoms with E-state index in [4.69, 9.17) is 6.42 Å². The molecule has 1 aromatic carbocycles. The summed E-state index contributed by atoms with van der Waals surface area (Å²) < 4.78 is 2.17. The Morgan fingerprint density at radius 1 is 1.27 bits per heavy atom. The highest BCUT2D eigenvalue weighted by Gasteiger charge is 1.97. The molecule has 0 atom stereocenters. The standard InChI is InChI=1S/C12H13Br2N/c1-2-3-4-7-15-9-10-5-6-11(13)12(14)8-10/h1,5-6,8,15H,3-4,7,9H2. The van der Waals surface area contributed by atoms with Gasteiger partial charge in [0.25, 0.3) is 0 Å². The molecule has 1 aromatic rings. The number of benzene rings is 1. The molecule has 80 valence electrons. The monoisotopic (exact) mass is 329 g/mol. The van der Waals surface area contributed by atoms with Gasteiger partial charge in [-0.05, 0) is 62.5 Å². The maximum Gasteiger partial charge on any atom is 0.0320 e. The van der Waals surface area contributed by atoms with E-state index < -0.39 is 0 Å². The van der Waals surface area contributed by atoms with Crippen molar-refractivity contribution in [1.29, 1.82) is 0 Å². The highest BCUT2D eigenvalue weighted by molar-refractivity contribution is 9.13. The lowest BCUT2D eigenvalue weighted by atomic mass is 10.2. The summed E-state index contributed by atoms with van der Waals surface area (Å²) in [4.78, 5) is 0. The Labute approximate surface area is 108 Å². The summed E-state index contributed by atoms with van der Waals surface area (Å²) >= 11 is 6.92. The van der Waals surface area contributed by atoms with Crippen LogP contribution in [-0.4, -0.2) is 6.54 Å². The molecule has 0 aliphatic heterocycles. The molecular formula is C12H13Br2N. The van der Waals surface area contributed by atoms with Crippen molar-refractivity contribution in [2.75, 3.05) is 6.54 Å². The molecule has 0 fully saturated rings. The Hall–Kier alpha value is -0.300. The van der Waals surface area contributed by atoms with Crippen LogP contribution in [0.2, 0.25) is 0 Å². The van der Waals surface area contributed by atoms with Crippen molar-refractivity contribution in [3.63, 3.8) is 0 Å². The molecule has 0 aliphatic rings. The minimum Gasteiger partial charge on any atom is -0.313 e. The first-order valence-electron chi connectivity index (χ1n) is 4.82. The number of hydrogen-bond acceptors (Lipinski definition) is 1. The first-order chi connectivity index (χ1) is 7.24. The van der Waals surface area contributed by atoms with Crippen molar-refractivity contribution in [2.45, 2.75) is 19.4 Å². The summed E-state index contributed by atoms with van der Waals surface area (Å²) in [7, 11) is 0. The van der Waals surface area contributed by atoms with Crippen molar-refractivity contribution in [2.24, 2.45) is 0 Å². The lowest BCUT2D eigenvalue weighted by molar-refractivity contribution is 0.659. The van der Waals surface area contributed by atoms with Gasteiger partial charge in [-0.3, -0.25) is 0 Å². The van der Waals surface area contributed by atoms with Crippen LogP contribution < -0.4 is 5.32 Å². The third kappa shape index (κ3) is 4.83. The van der Waals surface area contributed by atoms with Crippen LogP contribution in [0.1, 0.15) is 18.4 Å². The van der Waals surface area contributed by atoms with Gasteiger partial charge in [0.2, 0.25) is 0 Å². The summed E-state index contributed by atoms with van der Waals surface area (Å²) in [5, 5.41) is 3.35. The molecule has 0 saturated heterocycles. The molecule has 0 radical (unpaired) electrons. The third-order valence-electron chi connectivity index (χ3n) is 1.99. The van der Waals surface area contributed by atoms with E-state index >= 15 is 0 Å². The second kappa shape index (κ2) is 7.05. The molecule has 1 N–H and O–H groups in total. The van der Waals surface area contributed by atoms with Gasteiger partial charge in [0.05, 0.1) is 0 Å². The van der Waals surface area contributed by atoms with Crippen LogP contribution in [0.5, 0.6) is 0 Å². The lowest BCUT2D eigenvalue weighted by Crippen LogP contribution is -2.14. The number of nitrogens with one attached hydrogen (secondary N) is 1. The van der Waals surface area contributed by atoms with Crippen LogP contribution in [0.25, 0.3) is 0 Å². The minimum absolute atomic E-state index is 0.844. The molecule has 0 spiro atoms. The minimum atomic E-state index is 0.844. The van der Waals surface area contributed by atoms with Crippen LogP contribution in [0.15, 0.2) is 27.1 Å². The third-order valence-corrected chi connectivity index (χ3v) is 3.87. The van der Waals surface area contributed by atoms with Crippen molar-refractivity contribution < 1.29 is 0 Å². The van der Waals surface area contributed by atoms with Crippen molar-refractivity contribution >= 4 is 31.9 Å². The molecule has 1 rings (SSSR count). The SMILES string of the molecule is C#CCCCNCc1ccc(Br)c(Br)c1. The van der Waals surface area contributed by atoms with Gasteiger partial charge < -0.3 is 5.32 Å². The molecule has 0 saturated carbocycles. The molecule has 1 nitrogen and oxygen atoms in total. The van der Waals surface area contributed by atoms with Crippen LogP contribution >= 0.6 is 31.9 Å². The lowest BCUT2D eigenvalue weighted by Gasteiger charge is -2.05. The van der Waals surface area contributed by atoms with Gasteiger partial charge in [-0.1, -0.05) is 6.07 Å². The predicted octanol–water partition coefficient (Wildman–Crippen LogP) is 3.71. The normalized spacial score (nSPS) is 9.93. The predicted molar refractivity (Wildman–Crippen MR) is 71.6 cm³/mol. The van der Waals surface area contributed by atoms with E-state index in [9.17, 15) is 0 Å². The van der Waals surface area contributed by atoms with Gasteiger partial charge in [-0.2, -0.15) is 0 Å². The first-order valence-corrected chi connectivity index (χ1v) is 6.40. The van der Waals surface area contributed by atoms with Crippen LogP contribution in [-0.2, 0) is 6.54 Å². The van der Waals surface area contributed by atoms with E-state index in [1.807, 2.05) is 6.07 Å². The molecule has 0 aromatic heterocycles. The Morgan fingerprint density at radius 2 is 2.07 bits per heavy atom. The number of unbranched alkanes of at least 4 members (excludes halogenated alkanes) is 1. The second-order valence-corrected chi connectivity index (χ2v) is 4.94. The Kier molecular flexibility index (Phi) is 6.00. The van der Waals surface area contributed by atoms with E-state index in [2.05, 4.69) is 55.2 Å². The zero-order chi connectivity index (χ0) is 11.1. The maximum absolute atomic E-state index is 5.17. The quantitative estimate of drug-likeness (QED) is 0.641. The number of rotatable bonds is 5. The average Bonchev–Trinajstić information content (AvgIpc) is 2.23. The van der Waals surface area contributed by atoms with E-state index in [0.717, 1.165) is 34.9 Å². The first kappa shape index (κ1) is 12.8. The zero-order valence-corrected chi connectivity index (χ0v) is 11.6. The molecule has 15 heavy (non-hydrogen) atoms. The highest BCUT2D eigenvalue weighted by atomic mass is 79.9. The maximum atomic E-state index is 5.17. The topological polar surface area (TPSA) is 12.0 Å². The van der Waals surface area contributed by atoms with Crippen molar-refractivity contribution in [3.8, 4) is 12.3 Å². The fourth-order valence-corrected chi connectivity index (χ4v) is 1.87. The van der Waals surface area contributed by atoms with Gasteiger partial charge in [0.1, 0.15) is 0 Å². The van der Waals surface area contributed by atoms with E-state index in [0.29, 0.717) is 0 Å². The van der Waals surface area contributed by atoms with E-state index in [-0.39, 0.29) is 0 Å². The summed E-state index contributed by atoms with van der Waals surface area (Å²) in [6.07, 6.45) is 7.05. The van der Waals surface area contributed by atoms with Crippen LogP contribution in [0.3, 0.4) is 0 Å². The molecular weight excluding hydrogens is 318 g/mol. The highest BCUT2D eigenvalue weighted by Crippen LogP contribution is 2.23. The molecule has 0 unspecified atom stereocenters. The smallest absolute Gasteiger partial charge is 0.0320 e. The molecule has 3 heteroatoms. The van der Waals surface area contributed by atoms with Crippen LogP contribution in [0, 0.1) is 12.3 Å². The summed E-state index contributed by atoms with van der Waals surface area (Å²) in [5.74, 6) is 2.63. The molecule has 0 amide bonds. The molecule has 0 aliphatic carbocycles. The fraction of sp³-hybridized carbons (Fsp3) is 0.333. The largest absolute Gasteiger partial charge is 0.313 e. The number of terminal acetylenes is 1. The second-order valence-electron chi connectivity index (χ2n) is 3.23. The Balaban J connectivity index is 2.32. The molecule has 0 heterocycles. The Bertz CT molecular complexity index is 355.